The highest BCUT2D eigenvalue weighted by Crippen LogP contribution is 2.23. The minimum absolute atomic E-state index is 0.0566. The fraction of sp³-hybridized carbons (Fsp3) is 0.0455. The van der Waals surface area contributed by atoms with Crippen molar-refractivity contribution >= 4 is 37.5 Å². The number of hydrogen-bond donors (Lipinski definition) is 2. The lowest BCUT2D eigenvalue weighted by atomic mass is 10.2. The van der Waals surface area contributed by atoms with Crippen LogP contribution < -0.4 is 10.0 Å². The number of anilines is 2. The van der Waals surface area contributed by atoms with Crippen molar-refractivity contribution < 1.29 is 30.4 Å². The van der Waals surface area contributed by atoms with Crippen LogP contribution in [-0.4, -0.2) is 39.2 Å². The highest BCUT2D eigenvalue weighted by molar-refractivity contribution is 7.92. The lowest BCUT2D eigenvalue weighted by Gasteiger charge is -2.09. The molecule has 2 N–H and O–H groups in total. The standard InChI is InChI=1S/C22H17FN4O6S2/c1-34(29,30)18-9-5-14(6-10-18)21-25-26-22(33-21)24-20(28)15-3-2-4-17(13-15)27-35(31,32)19-11-7-16(23)8-12-19/h2-13,27H,1H3,(H,24,26,28). The molecule has 0 aliphatic rings. The Kier molecular flexibility index (Phi) is 6.37. The summed E-state index contributed by atoms with van der Waals surface area (Å²) in [5.74, 6) is -1.16. The molecule has 4 rings (SSSR count). The number of aromatic nitrogens is 2. The topological polar surface area (TPSA) is 148 Å². The van der Waals surface area contributed by atoms with Gasteiger partial charge in [0.25, 0.3) is 15.9 Å². The number of benzene rings is 3. The first-order chi connectivity index (χ1) is 16.5. The summed E-state index contributed by atoms with van der Waals surface area (Å²) in [5.41, 5.74) is 0.656. The number of sulfonamides is 1. The van der Waals surface area contributed by atoms with Gasteiger partial charge in [0.05, 0.1) is 9.79 Å². The molecule has 0 atom stereocenters. The molecule has 0 bridgehead atoms. The predicted octanol–water partition coefficient (Wildman–Crippen LogP) is 3.33. The Labute approximate surface area is 199 Å². The van der Waals surface area contributed by atoms with E-state index in [1.54, 1.807) is 0 Å². The highest BCUT2D eigenvalue weighted by Gasteiger charge is 2.17. The Balaban J connectivity index is 1.47. The first-order valence-electron chi connectivity index (χ1n) is 9.85. The van der Waals surface area contributed by atoms with Crippen molar-refractivity contribution in [1.82, 2.24) is 10.2 Å². The van der Waals surface area contributed by atoms with Crippen molar-refractivity contribution in [2.75, 3.05) is 16.3 Å². The first kappa shape index (κ1) is 24.0. The van der Waals surface area contributed by atoms with E-state index in [0.717, 1.165) is 30.5 Å². The molecule has 0 aliphatic carbocycles. The van der Waals surface area contributed by atoms with Gasteiger partial charge >= 0.3 is 6.01 Å². The molecule has 0 radical (unpaired) electrons. The number of nitrogens with one attached hydrogen (secondary N) is 2. The molecule has 0 unspecified atom stereocenters. The Morgan fingerprint density at radius 3 is 2.20 bits per heavy atom. The van der Waals surface area contributed by atoms with Crippen LogP contribution in [0.3, 0.4) is 0 Å². The maximum absolute atomic E-state index is 13.1. The van der Waals surface area contributed by atoms with Gasteiger partial charge < -0.3 is 4.42 Å². The normalized spacial score (nSPS) is 11.7. The van der Waals surface area contributed by atoms with Crippen LogP contribution in [0.15, 0.2) is 87.0 Å². The van der Waals surface area contributed by atoms with E-state index in [1.165, 1.54) is 48.5 Å². The van der Waals surface area contributed by atoms with Crippen molar-refractivity contribution in [1.29, 1.82) is 0 Å². The molecule has 1 amide bonds. The summed E-state index contributed by atoms with van der Waals surface area (Å²) in [6, 6.07) is 15.5. The molecule has 0 spiro atoms. The Bertz CT molecular complexity index is 1600. The molecule has 180 valence electrons. The highest BCUT2D eigenvalue weighted by atomic mass is 32.2. The second-order valence-electron chi connectivity index (χ2n) is 7.30. The molecule has 0 aliphatic heterocycles. The molecule has 1 heterocycles. The Morgan fingerprint density at radius 2 is 1.54 bits per heavy atom. The van der Waals surface area contributed by atoms with E-state index in [9.17, 15) is 26.0 Å². The summed E-state index contributed by atoms with van der Waals surface area (Å²) >= 11 is 0. The van der Waals surface area contributed by atoms with Gasteiger partial charge in [0.1, 0.15) is 5.82 Å². The van der Waals surface area contributed by atoms with Crippen LogP contribution in [0.5, 0.6) is 0 Å². The number of rotatable bonds is 7. The third-order valence-electron chi connectivity index (χ3n) is 4.68. The number of nitrogens with zero attached hydrogens (tertiary/aromatic N) is 2. The number of carbonyl (C=O) groups excluding carboxylic acids is 1. The fourth-order valence-electron chi connectivity index (χ4n) is 2.96. The number of amides is 1. The Morgan fingerprint density at radius 1 is 0.886 bits per heavy atom. The average molecular weight is 517 g/mol. The number of hydrogen-bond acceptors (Lipinski definition) is 8. The van der Waals surface area contributed by atoms with Gasteiger partial charge in [-0.25, -0.2) is 21.2 Å². The smallest absolute Gasteiger partial charge is 0.322 e. The van der Waals surface area contributed by atoms with Crippen LogP contribution in [0.1, 0.15) is 10.4 Å². The SMILES string of the molecule is CS(=O)(=O)c1ccc(-c2nnc(NC(=O)c3cccc(NS(=O)(=O)c4ccc(F)cc4)c3)o2)cc1. The molecule has 4 aromatic rings. The van der Waals surface area contributed by atoms with E-state index in [2.05, 4.69) is 20.2 Å². The van der Waals surface area contributed by atoms with Gasteiger partial charge in [0, 0.05) is 23.1 Å². The second kappa shape index (κ2) is 9.27. The molecular formula is C22H17FN4O6S2. The zero-order chi connectivity index (χ0) is 25.2. The third kappa shape index (κ3) is 5.70. The van der Waals surface area contributed by atoms with E-state index >= 15 is 0 Å². The van der Waals surface area contributed by atoms with E-state index in [4.69, 9.17) is 4.42 Å². The molecular weight excluding hydrogens is 499 g/mol. The maximum atomic E-state index is 13.1. The number of carbonyl (C=O) groups is 1. The average Bonchev–Trinajstić information content (AvgIpc) is 3.27. The van der Waals surface area contributed by atoms with E-state index in [0.29, 0.717) is 5.56 Å². The second-order valence-corrected chi connectivity index (χ2v) is 11.0. The molecule has 35 heavy (non-hydrogen) atoms. The molecule has 0 saturated heterocycles. The third-order valence-corrected chi connectivity index (χ3v) is 7.20. The van der Waals surface area contributed by atoms with Crippen molar-refractivity contribution in [3.63, 3.8) is 0 Å². The van der Waals surface area contributed by atoms with Gasteiger partial charge in [-0.3, -0.25) is 14.8 Å². The molecule has 10 nitrogen and oxygen atoms in total. The predicted molar refractivity (Wildman–Crippen MR) is 124 cm³/mol. The van der Waals surface area contributed by atoms with E-state index in [-0.39, 0.29) is 32.9 Å². The van der Waals surface area contributed by atoms with Crippen molar-refractivity contribution in [3.05, 3.63) is 84.2 Å². The zero-order valence-electron chi connectivity index (χ0n) is 18.0. The van der Waals surface area contributed by atoms with Gasteiger partial charge in [0.15, 0.2) is 9.84 Å². The summed E-state index contributed by atoms with van der Waals surface area (Å²) in [6.07, 6.45) is 1.09. The number of halogens is 1. The van der Waals surface area contributed by atoms with Crippen LogP contribution in [0, 0.1) is 5.82 Å². The largest absolute Gasteiger partial charge is 0.403 e. The lowest BCUT2D eigenvalue weighted by Crippen LogP contribution is -2.15. The maximum Gasteiger partial charge on any atom is 0.322 e. The first-order valence-corrected chi connectivity index (χ1v) is 13.2. The summed E-state index contributed by atoms with van der Waals surface area (Å²) in [7, 11) is -7.36. The fourth-order valence-corrected chi connectivity index (χ4v) is 4.64. The van der Waals surface area contributed by atoms with Gasteiger partial charge in [-0.15, -0.1) is 5.10 Å². The monoisotopic (exact) mass is 516 g/mol. The summed E-state index contributed by atoms with van der Waals surface area (Å²) in [4.78, 5) is 12.6. The van der Waals surface area contributed by atoms with Crippen LogP contribution in [0.25, 0.3) is 11.5 Å². The molecule has 1 aromatic heterocycles. The summed E-state index contributed by atoms with van der Waals surface area (Å²) in [6.45, 7) is 0. The number of sulfone groups is 1. The van der Waals surface area contributed by atoms with Crippen LogP contribution in [-0.2, 0) is 19.9 Å². The lowest BCUT2D eigenvalue weighted by molar-refractivity contribution is 0.102. The molecule has 13 heteroatoms. The quantitative estimate of drug-likeness (QED) is 0.380. The van der Waals surface area contributed by atoms with E-state index < -0.39 is 31.6 Å². The summed E-state index contributed by atoms with van der Waals surface area (Å²) in [5, 5.41) is 10.00. The summed E-state index contributed by atoms with van der Waals surface area (Å²) < 4.78 is 69.0. The van der Waals surface area contributed by atoms with Gasteiger partial charge in [0.2, 0.25) is 5.89 Å². The van der Waals surface area contributed by atoms with Crippen molar-refractivity contribution in [2.24, 2.45) is 0 Å². The van der Waals surface area contributed by atoms with Gasteiger partial charge in [-0.2, -0.15) is 0 Å². The van der Waals surface area contributed by atoms with Crippen LogP contribution in [0.4, 0.5) is 16.1 Å². The molecule has 0 saturated carbocycles. The minimum atomic E-state index is -4.00. The van der Waals surface area contributed by atoms with Crippen LogP contribution in [0.2, 0.25) is 0 Å². The van der Waals surface area contributed by atoms with Crippen LogP contribution >= 0.6 is 0 Å². The van der Waals surface area contributed by atoms with Crippen molar-refractivity contribution in [3.8, 4) is 11.5 Å². The zero-order valence-corrected chi connectivity index (χ0v) is 19.6. The Hall–Kier alpha value is -4.10. The van der Waals surface area contributed by atoms with E-state index in [1.807, 2.05) is 0 Å². The van der Waals surface area contributed by atoms with Crippen molar-refractivity contribution in [2.45, 2.75) is 9.79 Å². The molecule has 0 fully saturated rings. The van der Waals surface area contributed by atoms with Gasteiger partial charge in [-0.1, -0.05) is 11.2 Å². The minimum Gasteiger partial charge on any atom is -0.403 e. The van der Waals surface area contributed by atoms with Gasteiger partial charge in [-0.05, 0) is 66.7 Å². The molecule has 3 aromatic carbocycles.